The van der Waals surface area contributed by atoms with Crippen LogP contribution in [0, 0.1) is 25.2 Å². The first-order valence-corrected chi connectivity index (χ1v) is 11.7. The maximum atomic E-state index is 13.8. The fourth-order valence-corrected chi connectivity index (χ4v) is 2.89. The Kier molecular flexibility index (Phi) is 11.9. The van der Waals surface area contributed by atoms with Gasteiger partial charge in [-0.25, -0.2) is 4.98 Å². The molecule has 0 spiro atoms. The number of phenols is 1. The summed E-state index contributed by atoms with van der Waals surface area (Å²) < 4.78 is 46.4. The van der Waals surface area contributed by atoms with E-state index in [1.165, 1.54) is 19.3 Å². The number of halogens is 3. The number of benzene rings is 1. The van der Waals surface area contributed by atoms with Crippen LogP contribution in [0.3, 0.4) is 0 Å². The van der Waals surface area contributed by atoms with Crippen LogP contribution in [0.4, 0.5) is 36.3 Å². The number of allylic oxidation sites excluding steroid dienone is 2. The predicted molar refractivity (Wildman–Crippen MR) is 147 cm³/mol. The van der Waals surface area contributed by atoms with Gasteiger partial charge in [0.2, 0.25) is 11.9 Å². The molecule has 6 N–H and O–H groups in total. The van der Waals surface area contributed by atoms with Gasteiger partial charge in [0.25, 0.3) is 0 Å². The van der Waals surface area contributed by atoms with Crippen molar-refractivity contribution in [1.29, 1.82) is 0 Å². The molecule has 0 aliphatic carbocycles. The van der Waals surface area contributed by atoms with Crippen LogP contribution in [0.15, 0.2) is 54.2 Å². The average Bonchev–Trinajstić information content (AvgIpc) is 2.90. The van der Waals surface area contributed by atoms with E-state index in [1.54, 1.807) is 20.8 Å². The monoisotopic (exact) mass is 546 g/mol. The van der Waals surface area contributed by atoms with E-state index in [2.05, 4.69) is 38.4 Å². The number of methoxy groups -OCH3 is 1. The number of carbonyl (C=O) groups excluding carboxylic acids is 1. The molecule has 1 unspecified atom stereocenters. The van der Waals surface area contributed by atoms with E-state index in [-0.39, 0.29) is 34.9 Å². The molecule has 9 nitrogen and oxygen atoms in total. The highest BCUT2D eigenvalue weighted by Crippen LogP contribution is 2.38. The zero-order valence-corrected chi connectivity index (χ0v) is 22.6. The highest BCUT2D eigenvalue weighted by molar-refractivity contribution is 6.01. The predicted octanol–water partition coefficient (Wildman–Crippen LogP) is 5.81. The smallest absolute Gasteiger partial charge is 0.421 e. The van der Waals surface area contributed by atoms with E-state index in [9.17, 15) is 23.1 Å². The number of aryl methyl sites for hydroxylation is 1. The third kappa shape index (κ3) is 8.99. The molecule has 2 aromatic rings. The van der Waals surface area contributed by atoms with Crippen LogP contribution >= 0.6 is 0 Å². The van der Waals surface area contributed by atoms with Crippen LogP contribution in [-0.2, 0) is 15.7 Å². The third-order valence-electron chi connectivity index (χ3n) is 5.22. The maximum absolute atomic E-state index is 13.8. The highest BCUT2D eigenvalue weighted by Gasteiger charge is 2.35. The van der Waals surface area contributed by atoms with Crippen LogP contribution in [0.5, 0.6) is 5.75 Å². The average molecular weight is 547 g/mol. The molecule has 1 atom stereocenters. The summed E-state index contributed by atoms with van der Waals surface area (Å²) in [4.78, 5) is 19.7. The number of anilines is 4. The second-order valence-corrected chi connectivity index (χ2v) is 7.82. The minimum Gasteiger partial charge on any atom is -0.508 e. The Hall–Kier alpha value is -4.66. The van der Waals surface area contributed by atoms with E-state index < -0.39 is 23.5 Å². The second-order valence-electron chi connectivity index (χ2n) is 7.82. The molecule has 0 aliphatic heterocycles. The van der Waals surface area contributed by atoms with Gasteiger partial charge in [-0.3, -0.25) is 4.79 Å². The van der Waals surface area contributed by atoms with E-state index >= 15 is 0 Å². The third-order valence-corrected chi connectivity index (χ3v) is 5.22. The Morgan fingerprint density at radius 2 is 1.92 bits per heavy atom. The standard InChI is InChI=1S/C25H27F3N6O3.C2H6/c1-7-13(3)15(5)17(11-21(29)37-6)33-24-30-12-16(25(26,27)28)23(34-24)32-19-10-20(35)14(4)9-18(19)31-22(36)8-2;1-2/h1,8-13,35H,2,29H2,3-6H3,(H,31,36)(H2,30,32,33,34);1-2H3/b17-15+,21-11-;. The lowest BCUT2D eigenvalue weighted by atomic mass is 10.0. The van der Waals surface area contributed by atoms with Gasteiger partial charge in [-0.1, -0.05) is 26.3 Å². The molecule has 0 fully saturated rings. The number of hydrogen-bond acceptors (Lipinski definition) is 8. The Morgan fingerprint density at radius 1 is 1.28 bits per heavy atom. The summed E-state index contributed by atoms with van der Waals surface area (Å²) >= 11 is 0. The number of nitrogens with one attached hydrogen (secondary N) is 3. The highest BCUT2D eigenvalue weighted by atomic mass is 19.4. The first-order valence-electron chi connectivity index (χ1n) is 11.7. The minimum absolute atomic E-state index is 0.00839. The molecule has 12 heteroatoms. The number of nitrogens with two attached hydrogens (primary N) is 1. The molecule has 1 aromatic heterocycles. The summed E-state index contributed by atoms with van der Waals surface area (Å²) in [6, 6.07) is 2.55. The molecule has 0 saturated heterocycles. The fourth-order valence-electron chi connectivity index (χ4n) is 2.89. The topological polar surface area (TPSA) is 134 Å². The summed E-state index contributed by atoms with van der Waals surface area (Å²) in [5.41, 5.74) is 5.94. The number of aromatic nitrogens is 2. The zero-order valence-electron chi connectivity index (χ0n) is 22.6. The van der Waals surface area contributed by atoms with Gasteiger partial charge >= 0.3 is 6.18 Å². The van der Waals surface area contributed by atoms with E-state index in [4.69, 9.17) is 16.9 Å². The van der Waals surface area contributed by atoms with Crippen molar-refractivity contribution in [3.05, 3.63) is 65.3 Å². The molecule has 210 valence electrons. The number of carbonyl (C=O) groups is 1. The van der Waals surface area contributed by atoms with Crippen molar-refractivity contribution < 1.29 is 27.8 Å². The molecule has 1 heterocycles. The first-order chi connectivity index (χ1) is 18.3. The van der Waals surface area contributed by atoms with E-state index in [0.717, 1.165) is 12.1 Å². The van der Waals surface area contributed by atoms with Crippen molar-refractivity contribution in [2.45, 2.75) is 40.8 Å². The van der Waals surface area contributed by atoms with Crippen molar-refractivity contribution in [2.24, 2.45) is 11.7 Å². The number of alkyl halides is 3. The molecule has 0 bridgehead atoms. The van der Waals surface area contributed by atoms with E-state index in [1.807, 2.05) is 13.8 Å². The number of terminal acetylenes is 1. The normalized spacial score (nSPS) is 12.6. The molecule has 1 amide bonds. The number of hydrogen-bond donors (Lipinski definition) is 5. The van der Waals surface area contributed by atoms with Gasteiger partial charge in [-0.05, 0) is 44.1 Å². The fraction of sp³-hybridized carbons (Fsp3) is 0.296. The van der Waals surface area contributed by atoms with Gasteiger partial charge < -0.3 is 31.5 Å². The van der Waals surface area contributed by atoms with Gasteiger partial charge in [0.1, 0.15) is 17.1 Å². The number of ether oxygens (including phenoxy) is 1. The Bertz CT molecular complexity index is 1300. The molecular weight excluding hydrogens is 513 g/mol. The van der Waals surface area contributed by atoms with Crippen LogP contribution in [0.1, 0.15) is 38.8 Å². The van der Waals surface area contributed by atoms with Crippen molar-refractivity contribution in [3.8, 4) is 18.1 Å². The van der Waals surface area contributed by atoms with Crippen molar-refractivity contribution in [1.82, 2.24) is 9.97 Å². The first kappa shape index (κ1) is 32.4. The number of nitrogens with zero attached hydrogens (tertiary/aromatic N) is 2. The lowest BCUT2D eigenvalue weighted by Crippen LogP contribution is -2.16. The second kappa shape index (κ2) is 14.3. The van der Waals surface area contributed by atoms with Crippen LogP contribution in [-0.4, -0.2) is 28.1 Å². The summed E-state index contributed by atoms with van der Waals surface area (Å²) in [7, 11) is 1.35. The molecular formula is C27H33F3N6O3. The molecule has 0 radical (unpaired) electrons. The Labute approximate surface area is 226 Å². The summed E-state index contributed by atoms with van der Waals surface area (Å²) in [5.74, 6) is 0.514. The summed E-state index contributed by atoms with van der Waals surface area (Å²) in [6.07, 6.45) is 3.67. The number of amides is 1. The maximum Gasteiger partial charge on any atom is 0.421 e. The van der Waals surface area contributed by atoms with Crippen LogP contribution in [0.2, 0.25) is 0 Å². The van der Waals surface area contributed by atoms with Crippen molar-refractivity contribution in [3.63, 3.8) is 0 Å². The Balaban J connectivity index is 0.00000371. The molecule has 39 heavy (non-hydrogen) atoms. The quantitative estimate of drug-likeness (QED) is 0.0875. The molecule has 0 aliphatic rings. The van der Waals surface area contributed by atoms with Crippen molar-refractivity contribution in [2.75, 3.05) is 23.1 Å². The number of rotatable bonds is 9. The van der Waals surface area contributed by atoms with Crippen LogP contribution < -0.4 is 21.7 Å². The number of aromatic hydroxyl groups is 1. The molecule has 0 saturated carbocycles. The largest absolute Gasteiger partial charge is 0.508 e. The SMILES string of the molecule is C#CC(C)/C(C)=C(\C=C(\N)OC)Nc1ncc(C(F)(F)F)c(Nc2cc(O)c(C)cc2NC(=O)C=C)n1.CC. The van der Waals surface area contributed by atoms with Gasteiger partial charge in [-0.15, -0.1) is 6.42 Å². The lowest BCUT2D eigenvalue weighted by Gasteiger charge is -2.19. The van der Waals surface area contributed by atoms with Gasteiger partial charge in [0.05, 0.1) is 18.5 Å². The van der Waals surface area contributed by atoms with Gasteiger partial charge in [-0.2, -0.15) is 18.2 Å². The van der Waals surface area contributed by atoms with Crippen molar-refractivity contribution >= 4 is 29.0 Å². The van der Waals surface area contributed by atoms with Crippen LogP contribution in [0.25, 0.3) is 0 Å². The lowest BCUT2D eigenvalue weighted by molar-refractivity contribution is -0.137. The van der Waals surface area contributed by atoms with Gasteiger partial charge in [0.15, 0.2) is 5.88 Å². The molecule has 2 rings (SSSR count). The van der Waals surface area contributed by atoms with E-state index in [0.29, 0.717) is 23.0 Å². The minimum atomic E-state index is -4.83. The molecule has 1 aromatic carbocycles. The Morgan fingerprint density at radius 3 is 2.46 bits per heavy atom. The summed E-state index contributed by atoms with van der Waals surface area (Å²) in [6.45, 7) is 12.4. The van der Waals surface area contributed by atoms with Gasteiger partial charge in [0, 0.05) is 30.0 Å². The zero-order chi connectivity index (χ0) is 29.9. The number of phenolic OH excluding ortho intramolecular Hbond substituents is 1. The summed E-state index contributed by atoms with van der Waals surface area (Å²) in [5, 5.41) is 18.0.